The molecule has 3 rings (SSSR count). The first-order valence-electron chi connectivity index (χ1n) is 13.8. The van der Waals surface area contributed by atoms with Crippen LogP contribution in [0.4, 0.5) is 24.5 Å². The highest BCUT2D eigenvalue weighted by atomic mass is 19.4. The molecule has 9 nitrogen and oxygen atoms in total. The first kappa shape index (κ1) is 33.5. The summed E-state index contributed by atoms with van der Waals surface area (Å²) in [5, 5.41) is 0. The topological polar surface area (TPSA) is 140 Å². The Balaban J connectivity index is 1.26. The molecule has 3 aromatic rings. The Kier molecular flexibility index (Phi) is 12.6. The summed E-state index contributed by atoms with van der Waals surface area (Å²) in [7, 11) is 0. The zero-order valence-corrected chi connectivity index (χ0v) is 23.8. The van der Waals surface area contributed by atoms with Gasteiger partial charge in [0.25, 0.3) is 0 Å². The molecule has 4 N–H and O–H groups in total. The molecule has 0 heterocycles. The van der Waals surface area contributed by atoms with Crippen LogP contribution in [0.25, 0.3) is 6.08 Å². The molecule has 12 heteroatoms. The number of carbonyl (C=O) groups is 3. The summed E-state index contributed by atoms with van der Waals surface area (Å²) in [4.78, 5) is 36.3. The normalized spacial score (nSPS) is 11.2. The van der Waals surface area contributed by atoms with Crippen molar-refractivity contribution in [1.82, 2.24) is 0 Å². The van der Waals surface area contributed by atoms with E-state index in [-0.39, 0.29) is 30.3 Å². The van der Waals surface area contributed by atoms with E-state index >= 15 is 0 Å². The summed E-state index contributed by atoms with van der Waals surface area (Å²) in [5.41, 5.74) is 13.3. The molecule has 0 fully saturated rings. The van der Waals surface area contributed by atoms with E-state index in [2.05, 4.69) is 4.74 Å². The molecule has 0 radical (unpaired) electrons. The second kappa shape index (κ2) is 16.6. The van der Waals surface area contributed by atoms with E-state index in [4.69, 9.17) is 25.7 Å². The SMILES string of the molecule is Nc1cc(N)cc(C(=O)OCCCCCCCOC(=O)/C=C/c2ccc(OC(=O)c3ccc(OCC(F)(F)F)cc3)cc2)c1. The molecule has 0 bridgehead atoms. The van der Waals surface area contributed by atoms with Gasteiger partial charge in [-0.15, -0.1) is 0 Å². The molecule has 44 heavy (non-hydrogen) atoms. The molecule has 0 aliphatic rings. The summed E-state index contributed by atoms with van der Waals surface area (Å²) >= 11 is 0. The van der Waals surface area contributed by atoms with E-state index in [0.29, 0.717) is 35.3 Å². The van der Waals surface area contributed by atoms with Gasteiger partial charge in [0, 0.05) is 17.5 Å². The highest BCUT2D eigenvalue weighted by Gasteiger charge is 2.28. The number of esters is 3. The van der Waals surface area contributed by atoms with E-state index in [0.717, 1.165) is 19.3 Å². The van der Waals surface area contributed by atoms with E-state index in [9.17, 15) is 27.6 Å². The Bertz CT molecular complexity index is 1400. The number of unbranched alkanes of at least 4 members (excludes halogenated alkanes) is 4. The maximum atomic E-state index is 12.3. The van der Waals surface area contributed by atoms with Gasteiger partial charge in [0.1, 0.15) is 11.5 Å². The molecular weight excluding hydrogens is 581 g/mol. The van der Waals surface area contributed by atoms with Crippen LogP contribution in [0, 0.1) is 0 Å². The molecule has 0 aliphatic heterocycles. The van der Waals surface area contributed by atoms with E-state index in [1.54, 1.807) is 24.3 Å². The average molecular weight is 615 g/mol. The first-order valence-corrected chi connectivity index (χ1v) is 13.8. The number of alkyl halides is 3. The minimum atomic E-state index is -4.46. The fourth-order valence-electron chi connectivity index (χ4n) is 3.83. The van der Waals surface area contributed by atoms with Gasteiger partial charge in [0.2, 0.25) is 0 Å². The third kappa shape index (κ3) is 12.5. The summed E-state index contributed by atoms with van der Waals surface area (Å²) in [5.74, 6) is -1.42. The predicted octanol–water partition coefficient (Wildman–Crippen LogP) is 6.38. The standard InChI is InChI=1S/C32H33F3N2O7/c33-32(34,35)21-43-27-13-9-23(10-14-27)31(40)44-28-11-6-22(7-12-28)8-15-29(38)41-16-4-2-1-3-5-17-42-30(39)24-18-25(36)20-26(37)19-24/h6-15,18-20H,1-5,16-17,21,36-37H2/b15-8+. The molecule has 0 amide bonds. The number of carbonyl (C=O) groups excluding carboxylic acids is 3. The lowest BCUT2D eigenvalue weighted by molar-refractivity contribution is -0.153. The molecule has 234 valence electrons. The van der Waals surface area contributed by atoms with Crippen molar-refractivity contribution < 1.29 is 46.5 Å². The average Bonchev–Trinajstić information content (AvgIpc) is 2.98. The molecule has 0 atom stereocenters. The molecule has 3 aromatic carbocycles. The van der Waals surface area contributed by atoms with Crippen LogP contribution >= 0.6 is 0 Å². The van der Waals surface area contributed by atoms with Crippen molar-refractivity contribution in [1.29, 1.82) is 0 Å². The monoisotopic (exact) mass is 614 g/mol. The van der Waals surface area contributed by atoms with E-state index < -0.39 is 30.7 Å². The van der Waals surface area contributed by atoms with Gasteiger partial charge in [-0.25, -0.2) is 14.4 Å². The highest BCUT2D eigenvalue weighted by Crippen LogP contribution is 2.20. The number of benzene rings is 3. The van der Waals surface area contributed by atoms with Crippen LogP contribution in [0.15, 0.2) is 72.8 Å². The Morgan fingerprint density at radius 3 is 1.86 bits per heavy atom. The number of nitrogens with two attached hydrogens (primary N) is 2. The molecule has 0 aliphatic carbocycles. The molecule has 0 saturated heterocycles. The van der Waals surface area contributed by atoms with Crippen molar-refractivity contribution in [3.8, 4) is 11.5 Å². The third-order valence-electron chi connectivity index (χ3n) is 5.97. The number of ether oxygens (including phenoxy) is 4. The fraction of sp³-hybridized carbons (Fsp3) is 0.281. The van der Waals surface area contributed by atoms with Gasteiger partial charge in [-0.1, -0.05) is 31.4 Å². The van der Waals surface area contributed by atoms with Gasteiger partial charge >= 0.3 is 24.1 Å². The van der Waals surface area contributed by atoms with Crippen molar-refractivity contribution in [3.05, 3.63) is 89.5 Å². The Morgan fingerprint density at radius 2 is 1.25 bits per heavy atom. The van der Waals surface area contributed by atoms with Crippen LogP contribution in [0.1, 0.15) is 58.4 Å². The number of nitrogen functional groups attached to an aromatic ring is 2. The molecule has 0 aromatic heterocycles. The maximum Gasteiger partial charge on any atom is 0.422 e. The van der Waals surface area contributed by atoms with Crippen LogP contribution in [-0.4, -0.2) is 43.9 Å². The van der Waals surface area contributed by atoms with Crippen LogP contribution < -0.4 is 20.9 Å². The number of rotatable bonds is 15. The van der Waals surface area contributed by atoms with Crippen molar-refractivity contribution in [2.75, 3.05) is 31.3 Å². The van der Waals surface area contributed by atoms with E-state index in [1.807, 2.05) is 0 Å². The minimum absolute atomic E-state index is 0.0244. The minimum Gasteiger partial charge on any atom is -0.484 e. The van der Waals surface area contributed by atoms with Crippen molar-refractivity contribution >= 4 is 35.4 Å². The molecule has 0 spiro atoms. The molecule has 0 unspecified atom stereocenters. The Morgan fingerprint density at radius 1 is 0.682 bits per heavy atom. The summed E-state index contributed by atoms with van der Waals surface area (Å²) in [6.45, 7) is -0.862. The number of anilines is 2. The van der Waals surface area contributed by atoms with E-state index in [1.165, 1.54) is 54.6 Å². The van der Waals surface area contributed by atoms with Gasteiger partial charge in [-0.2, -0.15) is 13.2 Å². The van der Waals surface area contributed by atoms with Crippen LogP contribution in [-0.2, 0) is 14.3 Å². The lowest BCUT2D eigenvalue weighted by Gasteiger charge is -2.09. The van der Waals surface area contributed by atoms with Gasteiger partial charge in [-0.05, 0) is 79.1 Å². The second-order valence-corrected chi connectivity index (χ2v) is 9.68. The Hall–Kier alpha value is -5.00. The maximum absolute atomic E-state index is 12.3. The first-order chi connectivity index (χ1) is 21.0. The smallest absolute Gasteiger partial charge is 0.422 e. The van der Waals surface area contributed by atoms with Gasteiger partial charge in [0.05, 0.1) is 24.3 Å². The number of hydrogen-bond donors (Lipinski definition) is 2. The lowest BCUT2D eigenvalue weighted by atomic mass is 10.1. The number of halogens is 3. The largest absolute Gasteiger partial charge is 0.484 e. The lowest BCUT2D eigenvalue weighted by Crippen LogP contribution is -2.19. The molecule has 0 saturated carbocycles. The molecular formula is C32H33F3N2O7. The van der Waals surface area contributed by atoms with Crippen LogP contribution in [0.3, 0.4) is 0 Å². The zero-order chi connectivity index (χ0) is 32.0. The summed E-state index contributed by atoms with van der Waals surface area (Å²) < 4.78 is 57.1. The van der Waals surface area contributed by atoms with Crippen molar-refractivity contribution in [2.24, 2.45) is 0 Å². The van der Waals surface area contributed by atoms with Crippen molar-refractivity contribution in [3.63, 3.8) is 0 Å². The zero-order valence-electron chi connectivity index (χ0n) is 23.8. The van der Waals surface area contributed by atoms with Crippen molar-refractivity contribution in [2.45, 2.75) is 38.3 Å². The fourth-order valence-corrected chi connectivity index (χ4v) is 3.83. The van der Waals surface area contributed by atoms with Crippen LogP contribution in [0.2, 0.25) is 0 Å². The van der Waals surface area contributed by atoms with Gasteiger partial charge in [-0.3, -0.25) is 0 Å². The number of hydrogen-bond acceptors (Lipinski definition) is 9. The van der Waals surface area contributed by atoms with Gasteiger partial charge < -0.3 is 30.4 Å². The highest BCUT2D eigenvalue weighted by molar-refractivity contribution is 5.92. The predicted molar refractivity (Wildman–Crippen MR) is 158 cm³/mol. The van der Waals surface area contributed by atoms with Gasteiger partial charge in [0.15, 0.2) is 6.61 Å². The Labute approximate surface area is 252 Å². The summed E-state index contributed by atoms with van der Waals surface area (Å²) in [6, 6.07) is 16.1. The summed E-state index contributed by atoms with van der Waals surface area (Å²) in [6.07, 6.45) is 2.42. The second-order valence-electron chi connectivity index (χ2n) is 9.68. The third-order valence-corrected chi connectivity index (χ3v) is 5.97. The quantitative estimate of drug-likeness (QED) is 0.0656. The van der Waals surface area contributed by atoms with Crippen LogP contribution in [0.5, 0.6) is 11.5 Å².